The molecule has 2 aromatic rings. The Balaban J connectivity index is 1.24. The third-order valence-corrected chi connectivity index (χ3v) is 10.5. The van der Waals surface area contributed by atoms with Crippen LogP contribution < -0.4 is 27.0 Å². The number of Topliss-reactive ketones (excluding diaryl/α,β-unsaturated/α-hetero) is 2. The quantitative estimate of drug-likeness (QED) is 0.0368. The normalized spacial score (nSPS) is 27.5. The van der Waals surface area contributed by atoms with E-state index in [1.165, 1.54) is 5.57 Å². The molecule has 0 saturated carbocycles. The van der Waals surface area contributed by atoms with Gasteiger partial charge in [-0.25, -0.2) is 9.78 Å². The standard InChI is InChI=1S/C39H49N7O5/c1-5-43-31-20-26-11-7-6-10-25(26)19-28(31)22-50-36(49)39-35(48)30-13-9-8-12-29(30)34(47)38(39,51-39)16-14-24(2)18-32(46-37(40)42-4)27-15-17-44-33(21-27)45-23-41-3/h7-9,11-15,17,20-21,25,28,31-32,41,43H,5-6,10,16,18-19,22-23H2,1-4H3,(H,44,45)(H3,40,42,46)/b24-14+/t25-,28-,31+,32+,38-,39-/m0/s1. The van der Waals surface area contributed by atoms with E-state index in [1.54, 1.807) is 37.5 Å². The molecule has 12 heteroatoms. The Hall–Kier alpha value is -4.65. The highest BCUT2D eigenvalue weighted by atomic mass is 16.7. The monoisotopic (exact) mass is 695 g/mol. The van der Waals surface area contributed by atoms with Crippen molar-refractivity contribution in [2.24, 2.45) is 22.6 Å². The number of fused-ring (bicyclic) bond motifs is 3. The summed E-state index contributed by atoms with van der Waals surface area (Å²) in [6.07, 6.45) is 13.7. The van der Waals surface area contributed by atoms with Gasteiger partial charge in [0.25, 0.3) is 5.60 Å². The summed E-state index contributed by atoms with van der Waals surface area (Å²) in [5, 5.41) is 13.0. The molecule has 0 radical (unpaired) electrons. The molecule has 1 aliphatic heterocycles. The second kappa shape index (κ2) is 15.3. The van der Waals surface area contributed by atoms with Gasteiger partial charge in [-0.2, -0.15) is 0 Å². The second-order valence-electron chi connectivity index (χ2n) is 13.8. The minimum atomic E-state index is -2.04. The Kier molecular flexibility index (Phi) is 10.8. The van der Waals surface area contributed by atoms with Crippen LogP contribution in [-0.2, 0) is 14.3 Å². The highest BCUT2D eigenvalue weighted by molar-refractivity contribution is 6.32. The van der Waals surface area contributed by atoms with Gasteiger partial charge >= 0.3 is 5.97 Å². The van der Waals surface area contributed by atoms with Crippen LogP contribution in [0.25, 0.3) is 0 Å². The fourth-order valence-electron chi connectivity index (χ4n) is 7.73. The summed E-state index contributed by atoms with van der Waals surface area (Å²) in [6, 6.07) is 10.2. The molecule has 1 aromatic heterocycles. The van der Waals surface area contributed by atoms with Crippen LogP contribution in [0.4, 0.5) is 5.82 Å². The number of likely N-dealkylation sites (N-methyl/N-ethyl adjacent to an activating group) is 1. The molecule has 0 bridgehead atoms. The summed E-state index contributed by atoms with van der Waals surface area (Å²) in [4.78, 5) is 51.0. The van der Waals surface area contributed by atoms with E-state index in [4.69, 9.17) is 15.2 Å². The van der Waals surface area contributed by atoms with Gasteiger partial charge in [0.1, 0.15) is 5.82 Å². The predicted octanol–water partition coefficient (Wildman–Crippen LogP) is 3.99. The van der Waals surface area contributed by atoms with Crippen LogP contribution in [-0.4, -0.2) is 79.6 Å². The fraction of sp³-hybridized carbons (Fsp3) is 0.462. The molecule has 3 aliphatic carbocycles. The van der Waals surface area contributed by atoms with E-state index < -0.39 is 28.7 Å². The molecule has 0 spiro atoms. The number of nitrogens with zero attached hydrogens (tertiary/aromatic N) is 2. The van der Waals surface area contributed by atoms with E-state index in [1.807, 2.05) is 32.2 Å². The lowest BCUT2D eigenvalue weighted by molar-refractivity contribution is -0.150. The SMILES string of the molecule is CCN[C@@H]1C=C2C=CCC[C@H]2C[C@H]1COC(=O)[C@]12O[C@@]1(C/C=C(\C)C[C@@H](NC(N)=NC)c1ccnc(NCNC)c1)C(=O)c1ccccc1C2=O. The number of ketones is 2. The van der Waals surface area contributed by atoms with Crippen molar-refractivity contribution in [2.75, 3.05) is 39.2 Å². The van der Waals surface area contributed by atoms with Gasteiger partial charge in [-0.15, -0.1) is 0 Å². The minimum absolute atomic E-state index is 0.0200. The molecule has 51 heavy (non-hydrogen) atoms. The fourth-order valence-corrected chi connectivity index (χ4v) is 7.73. The first kappa shape index (κ1) is 36.2. The van der Waals surface area contributed by atoms with Crippen molar-refractivity contribution >= 4 is 29.3 Å². The molecule has 0 unspecified atom stereocenters. The molecule has 12 nitrogen and oxygen atoms in total. The molecule has 6 rings (SSSR count). The Morgan fingerprint density at radius 1 is 1.22 bits per heavy atom. The third kappa shape index (κ3) is 7.00. The smallest absolute Gasteiger partial charge is 0.350 e. The lowest BCUT2D eigenvalue weighted by Gasteiger charge is -2.36. The largest absolute Gasteiger partial charge is 0.463 e. The number of aromatic nitrogens is 1. The van der Waals surface area contributed by atoms with Crippen LogP contribution >= 0.6 is 0 Å². The number of epoxide rings is 1. The van der Waals surface area contributed by atoms with Crippen molar-refractivity contribution in [3.05, 3.63) is 94.7 Å². The second-order valence-corrected chi connectivity index (χ2v) is 13.8. The van der Waals surface area contributed by atoms with Crippen LogP contribution in [0, 0.1) is 11.8 Å². The topological polar surface area (TPSA) is 172 Å². The summed E-state index contributed by atoms with van der Waals surface area (Å²) in [7, 11) is 3.45. The molecule has 1 saturated heterocycles. The number of guanidine groups is 1. The maximum absolute atomic E-state index is 14.2. The zero-order valence-corrected chi connectivity index (χ0v) is 29.8. The highest BCUT2D eigenvalue weighted by Crippen LogP contribution is 2.58. The average molecular weight is 696 g/mol. The number of benzene rings is 1. The summed E-state index contributed by atoms with van der Waals surface area (Å²) in [6.45, 7) is 5.41. The first-order chi connectivity index (χ1) is 24.7. The molecule has 6 atom stereocenters. The van der Waals surface area contributed by atoms with Crippen molar-refractivity contribution in [3.63, 3.8) is 0 Å². The summed E-state index contributed by atoms with van der Waals surface area (Å²) in [5.74, 6) is -0.349. The van der Waals surface area contributed by atoms with Crippen LogP contribution in [0.5, 0.6) is 0 Å². The summed E-state index contributed by atoms with van der Waals surface area (Å²) < 4.78 is 12.2. The Morgan fingerprint density at radius 2 is 2.00 bits per heavy atom. The summed E-state index contributed by atoms with van der Waals surface area (Å²) >= 11 is 0. The number of carbonyl (C=O) groups excluding carboxylic acids is 3. The van der Waals surface area contributed by atoms with Gasteiger partial charge in [-0.05, 0) is 75.4 Å². The van der Waals surface area contributed by atoms with Crippen molar-refractivity contribution in [3.8, 4) is 0 Å². The minimum Gasteiger partial charge on any atom is -0.463 e. The van der Waals surface area contributed by atoms with Crippen molar-refractivity contribution in [1.82, 2.24) is 20.9 Å². The third-order valence-electron chi connectivity index (χ3n) is 10.5. The van der Waals surface area contributed by atoms with Crippen molar-refractivity contribution in [1.29, 1.82) is 0 Å². The number of pyridine rings is 1. The van der Waals surface area contributed by atoms with Crippen LogP contribution in [0.15, 0.2) is 83.0 Å². The molecule has 4 aliphatic rings. The zero-order valence-electron chi connectivity index (χ0n) is 29.8. The highest BCUT2D eigenvalue weighted by Gasteiger charge is 2.85. The summed E-state index contributed by atoms with van der Waals surface area (Å²) in [5.41, 5.74) is 5.94. The van der Waals surface area contributed by atoms with E-state index in [-0.39, 0.29) is 48.1 Å². The molecular weight excluding hydrogens is 646 g/mol. The van der Waals surface area contributed by atoms with Gasteiger partial charge in [0, 0.05) is 42.8 Å². The number of hydrogen-bond donors (Lipinski definition) is 5. The van der Waals surface area contributed by atoms with Gasteiger partial charge in [0.05, 0.1) is 19.3 Å². The number of nitrogens with one attached hydrogen (secondary N) is 4. The van der Waals surface area contributed by atoms with E-state index in [0.29, 0.717) is 24.8 Å². The van der Waals surface area contributed by atoms with Crippen LogP contribution in [0.1, 0.15) is 78.3 Å². The number of aliphatic imine (C=N–C) groups is 1. The molecule has 2 heterocycles. The van der Waals surface area contributed by atoms with Gasteiger partial charge in [-0.1, -0.05) is 61.1 Å². The number of nitrogens with two attached hydrogens (primary N) is 1. The van der Waals surface area contributed by atoms with E-state index in [9.17, 15) is 14.4 Å². The maximum Gasteiger partial charge on any atom is 0.350 e. The Morgan fingerprint density at radius 3 is 2.75 bits per heavy atom. The van der Waals surface area contributed by atoms with Gasteiger partial charge in [0.15, 0.2) is 17.3 Å². The van der Waals surface area contributed by atoms with Crippen LogP contribution in [0.3, 0.4) is 0 Å². The zero-order chi connectivity index (χ0) is 36.2. The maximum atomic E-state index is 14.2. The molecule has 270 valence electrons. The van der Waals surface area contributed by atoms with Crippen molar-refractivity contribution < 1.29 is 23.9 Å². The van der Waals surface area contributed by atoms with Gasteiger partial charge in [0.2, 0.25) is 5.78 Å². The first-order valence-corrected chi connectivity index (χ1v) is 17.8. The number of esters is 1. The number of rotatable bonds is 14. The number of carbonyl (C=O) groups is 3. The Bertz CT molecular complexity index is 1790. The van der Waals surface area contributed by atoms with Gasteiger partial charge in [-0.3, -0.25) is 14.6 Å². The molecule has 6 N–H and O–H groups in total. The average Bonchev–Trinajstić information content (AvgIpc) is 3.86. The lowest BCUT2D eigenvalue weighted by Crippen LogP contribution is -2.51. The van der Waals surface area contributed by atoms with E-state index in [0.717, 1.165) is 36.9 Å². The number of hydrogen-bond acceptors (Lipinski definition) is 10. The van der Waals surface area contributed by atoms with Crippen molar-refractivity contribution in [2.45, 2.75) is 69.2 Å². The lowest BCUT2D eigenvalue weighted by atomic mass is 9.72. The van der Waals surface area contributed by atoms with Crippen LogP contribution in [0.2, 0.25) is 0 Å². The first-order valence-electron chi connectivity index (χ1n) is 17.8. The number of anilines is 1. The van der Waals surface area contributed by atoms with Gasteiger partial charge < -0.3 is 36.5 Å². The number of ether oxygens (including phenoxy) is 2. The van der Waals surface area contributed by atoms with E-state index in [2.05, 4.69) is 56.4 Å². The molecule has 0 amide bonds. The molecule has 1 fully saturated rings. The molecule has 1 aromatic carbocycles. The van der Waals surface area contributed by atoms with E-state index >= 15 is 0 Å². The Labute approximate surface area is 299 Å². The predicted molar refractivity (Wildman–Crippen MR) is 196 cm³/mol. The molecular formula is C39H49N7O5. The number of allylic oxidation sites excluding steroid dienone is 3.